The molecule has 0 bridgehead atoms. The molecule has 23 heavy (non-hydrogen) atoms. The first-order valence-electron chi connectivity index (χ1n) is 8.53. The predicted octanol–water partition coefficient (Wildman–Crippen LogP) is 3.12. The van der Waals surface area contributed by atoms with E-state index in [1.54, 1.807) is 12.1 Å². The lowest BCUT2D eigenvalue weighted by Gasteiger charge is -2.21. The van der Waals surface area contributed by atoms with Gasteiger partial charge in [-0.2, -0.15) is 0 Å². The van der Waals surface area contributed by atoms with Crippen molar-refractivity contribution < 1.29 is 9.59 Å². The van der Waals surface area contributed by atoms with Crippen LogP contribution in [0.2, 0.25) is 0 Å². The third-order valence-electron chi connectivity index (χ3n) is 3.52. The minimum atomic E-state index is -0.224. The summed E-state index contributed by atoms with van der Waals surface area (Å²) >= 11 is 0. The highest BCUT2D eigenvalue weighted by Gasteiger charge is 2.16. The van der Waals surface area contributed by atoms with Gasteiger partial charge in [-0.15, -0.1) is 0 Å². The quantitative estimate of drug-likeness (QED) is 0.760. The average molecular weight is 319 g/mol. The SMILES string of the molecule is CCCN(CCC)C(=O)c1ccnc(C(=O)NCCC(C)C)c1. The summed E-state index contributed by atoms with van der Waals surface area (Å²) in [6.07, 6.45) is 4.28. The van der Waals surface area contributed by atoms with Crippen molar-refractivity contribution in [3.63, 3.8) is 0 Å². The van der Waals surface area contributed by atoms with Crippen molar-refractivity contribution in [2.24, 2.45) is 5.92 Å². The first kappa shape index (κ1) is 19.1. The van der Waals surface area contributed by atoms with Gasteiger partial charge in [-0.1, -0.05) is 27.7 Å². The molecule has 0 spiro atoms. The number of pyridine rings is 1. The van der Waals surface area contributed by atoms with Crippen LogP contribution in [0.4, 0.5) is 0 Å². The summed E-state index contributed by atoms with van der Waals surface area (Å²) in [6.45, 7) is 10.4. The van der Waals surface area contributed by atoms with Crippen LogP contribution < -0.4 is 5.32 Å². The van der Waals surface area contributed by atoms with E-state index in [0.29, 0.717) is 23.7 Å². The number of nitrogens with zero attached hydrogens (tertiary/aromatic N) is 2. The Morgan fingerprint density at radius 1 is 1.22 bits per heavy atom. The number of rotatable bonds is 9. The minimum Gasteiger partial charge on any atom is -0.351 e. The normalized spacial score (nSPS) is 10.7. The van der Waals surface area contributed by atoms with Crippen molar-refractivity contribution in [1.82, 2.24) is 15.2 Å². The van der Waals surface area contributed by atoms with Gasteiger partial charge in [-0.05, 0) is 37.3 Å². The van der Waals surface area contributed by atoms with Gasteiger partial charge < -0.3 is 10.2 Å². The second-order valence-electron chi connectivity index (χ2n) is 6.16. The number of amides is 2. The number of hydrogen-bond donors (Lipinski definition) is 1. The standard InChI is InChI=1S/C18H29N3O2/c1-5-11-21(12-6-2)18(23)15-8-10-19-16(13-15)17(22)20-9-7-14(3)4/h8,10,13-14H,5-7,9,11-12H2,1-4H3,(H,20,22). The van der Waals surface area contributed by atoms with Crippen molar-refractivity contribution in [2.75, 3.05) is 19.6 Å². The van der Waals surface area contributed by atoms with E-state index in [4.69, 9.17) is 0 Å². The molecule has 5 heteroatoms. The van der Waals surface area contributed by atoms with Crippen molar-refractivity contribution in [2.45, 2.75) is 47.0 Å². The van der Waals surface area contributed by atoms with Gasteiger partial charge in [0, 0.05) is 31.4 Å². The van der Waals surface area contributed by atoms with E-state index in [1.807, 2.05) is 4.90 Å². The topological polar surface area (TPSA) is 62.3 Å². The van der Waals surface area contributed by atoms with Gasteiger partial charge in [0.2, 0.25) is 0 Å². The van der Waals surface area contributed by atoms with Crippen LogP contribution >= 0.6 is 0 Å². The van der Waals surface area contributed by atoms with Crippen molar-refractivity contribution >= 4 is 11.8 Å². The third kappa shape index (κ3) is 6.38. The van der Waals surface area contributed by atoms with Crippen LogP contribution in [0.5, 0.6) is 0 Å². The van der Waals surface area contributed by atoms with E-state index >= 15 is 0 Å². The second-order valence-corrected chi connectivity index (χ2v) is 6.16. The van der Waals surface area contributed by atoms with Gasteiger partial charge in [-0.3, -0.25) is 14.6 Å². The van der Waals surface area contributed by atoms with Crippen LogP contribution in [-0.4, -0.2) is 41.3 Å². The fourth-order valence-corrected chi connectivity index (χ4v) is 2.29. The zero-order valence-corrected chi connectivity index (χ0v) is 14.8. The Balaban J connectivity index is 2.78. The summed E-state index contributed by atoms with van der Waals surface area (Å²) in [6, 6.07) is 3.26. The third-order valence-corrected chi connectivity index (χ3v) is 3.52. The maximum absolute atomic E-state index is 12.6. The van der Waals surface area contributed by atoms with E-state index in [-0.39, 0.29) is 11.8 Å². The maximum atomic E-state index is 12.6. The summed E-state index contributed by atoms with van der Waals surface area (Å²) in [7, 11) is 0. The molecule has 1 rings (SSSR count). The zero-order chi connectivity index (χ0) is 17.2. The largest absolute Gasteiger partial charge is 0.351 e. The van der Waals surface area contributed by atoms with Crippen LogP contribution in [0.3, 0.4) is 0 Å². The van der Waals surface area contributed by atoms with Gasteiger partial charge in [0.1, 0.15) is 5.69 Å². The molecule has 1 aromatic heterocycles. The van der Waals surface area contributed by atoms with Crippen LogP contribution in [0.25, 0.3) is 0 Å². The van der Waals surface area contributed by atoms with Crippen molar-refractivity contribution in [1.29, 1.82) is 0 Å². The summed E-state index contributed by atoms with van der Waals surface area (Å²) in [5.74, 6) is 0.276. The Kier molecular flexibility index (Phi) is 8.30. The number of carbonyl (C=O) groups excluding carboxylic acids is 2. The summed E-state index contributed by atoms with van der Waals surface area (Å²) in [5.41, 5.74) is 0.823. The van der Waals surface area contributed by atoms with E-state index in [9.17, 15) is 9.59 Å². The zero-order valence-electron chi connectivity index (χ0n) is 14.8. The molecule has 128 valence electrons. The van der Waals surface area contributed by atoms with Crippen LogP contribution in [0.15, 0.2) is 18.3 Å². The molecule has 1 heterocycles. The number of carbonyl (C=O) groups is 2. The molecule has 0 unspecified atom stereocenters. The molecule has 0 aliphatic rings. The van der Waals surface area contributed by atoms with Gasteiger partial charge >= 0.3 is 0 Å². The monoisotopic (exact) mass is 319 g/mol. The van der Waals surface area contributed by atoms with Crippen LogP contribution in [0, 0.1) is 5.92 Å². The molecule has 1 N–H and O–H groups in total. The number of nitrogens with one attached hydrogen (secondary N) is 1. The minimum absolute atomic E-state index is 0.0349. The molecule has 0 fully saturated rings. The molecule has 1 aromatic rings. The van der Waals surface area contributed by atoms with Crippen LogP contribution in [0.1, 0.15) is 67.8 Å². The lowest BCUT2D eigenvalue weighted by atomic mass is 10.1. The van der Waals surface area contributed by atoms with Gasteiger partial charge in [-0.25, -0.2) is 0 Å². The van der Waals surface area contributed by atoms with Gasteiger partial charge in [0.15, 0.2) is 0 Å². The Morgan fingerprint density at radius 2 is 1.87 bits per heavy atom. The van der Waals surface area contributed by atoms with Gasteiger partial charge in [0.25, 0.3) is 11.8 Å². The molecule has 0 aromatic carbocycles. The highest BCUT2D eigenvalue weighted by Crippen LogP contribution is 2.08. The first-order valence-corrected chi connectivity index (χ1v) is 8.53. The second kappa shape index (κ2) is 9.98. The maximum Gasteiger partial charge on any atom is 0.269 e. The van der Waals surface area contributed by atoms with E-state index in [2.05, 4.69) is 38.0 Å². The molecule has 0 radical (unpaired) electrons. The van der Waals surface area contributed by atoms with E-state index in [1.165, 1.54) is 6.20 Å². The van der Waals surface area contributed by atoms with Gasteiger partial charge in [0.05, 0.1) is 0 Å². The van der Waals surface area contributed by atoms with Crippen molar-refractivity contribution in [3.05, 3.63) is 29.6 Å². The molecule has 0 atom stereocenters. The van der Waals surface area contributed by atoms with E-state index in [0.717, 1.165) is 32.4 Å². The summed E-state index contributed by atoms with van der Waals surface area (Å²) in [5, 5.41) is 2.85. The Bertz CT molecular complexity index is 509. The summed E-state index contributed by atoms with van der Waals surface area (Å²) in [4.78, 5) is 30.6. The van der Waals surface area contributed by atoms with Crippen LogP contribution in [-0.2, 0) is 0 Å². The average Bonchev–Trinajstić information content (AvgIpc) is 2.53. The first-order chi connectivity index (χ1) is 11.0. The highest BCUT2D eigenvalue weighted by atomic mass is 16.2. The lowest BCUT2D eigenvalue weighted by Crippen LogP contribution is -2.33. The lowest BCUT2D eigenvalue weighted by molar-refractivity contribution is 0.0755. The molecule has 0 aliphatic heterocycles. The molecule has 0 aliphatic carbocycles. The number of aromatic nitrogens is 1. The van der Waals surface area contributed by atoms with Crippen molar-refractivity contribution in [3.8, 4) is 0 Å². The molecular weight excluding hydrogens is 290 g/mol. The Hall–Kier alpha value is -1.91. The number of hydrogen-bond acceptors (Lipinski definition) is 3. The van der Waals surface area contributed by atoms with E-state index < -0.39 is 0 Å². The Labute approximate surface area is 139 Å². The molecule has 5 nitrogen and oxygen atoms in total. The molecule has 0 saturated heterocycles. The molecule has 2 amide bonds. The fraction of sp³-hybridized carbons (Fsp3) is 0.611. The highest BCUT2D eigenvalue weighted by molar-refractivity contribution is 5.98. The Morgan fingerprint density at radius 3 is 2.43 bits per heavy atom. The summed E-state index contributed by atoms with van der Waals surface area (Å²) < 4.78 is 0. The smallest absolute Gasteiger partial charge is 0.269 e. The molecular formula is C18H29N3O2. The molecule has 0 saturated carbocycles. The fourth-order valence-electron chi connectivity index (χ4n) is 2.29. The predicted molar refractivity (Wildman–Crippen MR) is 92.5 cm³/mol.